The van der Waals surface area contributed by atoms with E-state index in [-0.39, 0.29) is 17.2 Å². The maximum absolute atomic E-state index is 12.2. The highest BCUT2D eigenvalue weighted by molar-refractivity contribution is 6.07. The Morgan fingerprint density at radius 2 is 1.92 bits per heavy atom. The highest BCUT2D eigenvalue weighted by atomic mass is 16.6. The summed E-state index contributed by atoms with van der Waals surface area (Å²) in [6, 6.07) is 10.7. The number of carbonyl (C=O) groups is 2. The van der Waals surface area contributed by atoms with Gasteiger partial charge in [0.25, 0.3) is 11.6 Å². The summed E-state index contributed by atoms with van der Waals surface area (Å²) in [4.78, 5) is 34.6. The number of nitrogens with zero attached hydrogens (tertiary/aromatic N) is 1. The van der Waals surface area contributed by atoms with Crippen molar-refractivity contribution in [3.63, 3.8) is 0 Å². The topological polar surface area (TPSA) is 111 Å². The molecule has 0 atom stereocenters. The first-order valence-corrected chi connectivity index (χ1v) is 7.59. The predicted octanol–water partition coefficient (Wildman–Crippen LogP) is 2.61. The van der Waals surface area contributed by atoms with Gasteiger partial charge < -0.3 is 15.4 Å². The van der Waals surface area contributed by atoms with Crippen LogP contribution < -0.4 is 15.4 Å². The predicted molar refractivity (Wildman–Crippen MR) is 97.1 cm³/mol. The van der Waals surface area contributed by atoms with E-state index in [1.807, 2.05) is 0 Å². The number of nitrogens with one attached hydrogen (secondary N) is 2. The largest absolute Gasteiger partial charge is 0.497 e. The van der Waals surface area contributed by atoms with Gasteiger partial charge in [0, 0.05) is 19.2 Å². The normalized spacial score (nSPS) is 10.4. The summed E-state index contributed by atoms with van der Waals surface area (Å²) in [5.41, 5.74) is 0.725. The Kier molecular flexibility index (Phi) is 6.05. The molecule has 0 heterocycles. The number of nitro benzene ring substituents is 1. The van der Waals surface area contributed by atoms with Crippen LogP contribution in [0.25, 0.3) is 6.08 Å². The van der Waals surface area contributed by atoms with Crippen LogP contribution in [0.2, 0.25) is 0 Å². The highest BCUT2D eigenvalue weighted by Gasteiger charge is 2.14. The molecule has 0 aliphatic rings. The zero-order valence-electron chi connectivity index (χ0n) is 14.2. The van der Waals surface area contributed by atoms with Gasteiger partial charge in [-0.25, -0.2) is 0 Å². The summed E-state index contributed by atoms with van der Waals surface area (Å²) in [6.07, 6.45) is 2.51. The number of methoxy groups -OCH3 is 1. The molecule has 0 radical (unpaired) electrons. The van der Waals surface area contributed by atoms with Gasteiger partial charge in [-0.05, 0) is 30.3 Å². The monoisotopic (exact) mass is 355 g/mol. The second kappa shape index (κ2) is 8.43. The number of rotatable bonds is 6. The number of para-hydroxylation sites is 1. The Labute approximate surface area is 149 Å². The van der Waals surface area contributed by atoms with Crippen LogP contribution in [0.4, 0.5) is 11.4 Å². The van der Waals surface area contributed by atoms with Gasteiger partial charge in [-0.1, -0.05) is 12.1 Å². The Morgan fingerprint density at radius 1 is 1.19 bits per heavy atom. The number of ether oxygens (including phenoxy) is 1. The molecule has 2 rings (SSSR count). The van der Waals surface area contributed by atoms with Crippen molar-refractivity contribution < 1.29 is 19.2 Å². The summed E-state index contributed by atoms with van der Waals surface area (Å²) in [6.45, 7) is 0. The lowest BCUT2D eigenvalue weighted by Crippen LogP contribution is -2.21. The molecule has 2 aromatic rings. The summed E-state index contributed by atoms with van der Waals surface area (Å²) in [5, 5.41) is 16.1. The fourth-order valence-corrected chi connectivity index (χ4v) is 2.22. The molecule has 8 nitrogen and oxygen atoms in total. The van der Waals surface area contributed by atoms with Crippen LogP contribution >= 0.6 is 0 Å². The van der Waals surface area contributed by atoms with Gasteiger partial charge >= 0.3 is 0 Å². The molecule has 0 fully saturated rings. The van der Waals surface area contributed by atoms with E-state index in [1.54, 1.807) is 24.3 Å². The van der Waals surface area contributed by atoms with Gasteiger partial charge in [0.2, 0.25) is 5.91 Å². The lowest BCUT2D eigenvalue weighted by molar-refractivity contribution is -0.385. The summed E-state index contributed by atoms with van der Waals surface area (Å²) < 4.78 is 5.08. The first-order valence-electron chi connectivity index (χ1n) is 7.59. The van der Waals surface area contributed by atoms with E-state index >= 15 is 0 Å². The van der Waals surface area contributed by atoms with E-state index in [2.05, 4.69) is 10.6 Å². The number of carbonyl (C=O) groups excluding carboxylic acids is 2. The minimum Gasteiger partial charge on any atom is -0.497 e. The molecule has 0 spiro atoms. The van der Waals surface area contributed by atoms with Crippen molar-refractivity contribution in [2.45, 2.75) is 0 Å². The molecular formula is C18H17N3O5. The molecule has 2 aromatic carbocycles. The lowest BCUT2D eigenvalue weighted by Gasteiger charge is -2.10. The summed E-state index contributed by atoms with van der Waals surface area (Å²) >= 11 is 0. The Hall–Kier alpha value is -3.68. The molecule has 0 aliphatic heterocycles. The van der Waals surface area contributed by atoms with Crippen molar-refractivity contribution in [3.8, 4) is 5.75 Å². The number of hydrogen-bond donors (Lipinski definition) is 2. The number of hydrogen-bond acceptors (Lipinski definition) is 5. The summed E-state index contributed by atoms with van der Waals surface area (Å²) in [5.74, 6) is -0.447. The van der Waals surface area contributed by atoms with E-state index in [1.165, 1.54) is 44.5 Å². The fraction of sp³-hybridized carbons (Fsp3) is 0.111. The molecule has 0 aromatic heterocycles. The number of amides is 2. The third-order valence-electron chi connectivity index (χ3n) is 3.50. The third-order valence-corrected chi connectivity index (χ3v) is 3.50. The molecule has 0 saturated carbocycles. The minimum absolute atomic E-state index is 0.105. The number of anilines is 1. The number of benzene rings is 2. The van der Waals surface area contributed by atoms with Crippen LogP contribution in [0.1, 0.15) is 15.9 Å². The zero-order chi connectivity index (χ0) is 19.1. The molecule has 0 bridgehead atoms. The van der Waals surface area contributed by atoms with Crippen molar-refractivity contribution >= 4 is 29.3 Å². The highest BCUT2D eigenvalue weighted by Crippen LogP contribution is 2.23. The second-order valence-corrected chi connectivity index (χ2v) is 5.13. The molecule has 26 heavy (non-hydrogen) atoms. The maximum Gasteiger partial charge on any atom is 0.276 e. The van der Waals surface area contributed by atoms with Crippen LogP contribution in [-0.2, 0) is 4.79 Å². The van der Waals surface area contributed by atoms with Gasteiger partial charge in [0.05, 0.1) is 28.8 Å². The summed E-state index contributed by atoms with van der Waals surface area (Å²) in [7, 11) is 2.94. The molecule has 0 unspecified atom stereocenters. The molecule has 0 aliphatic carbocycles. The SMILES string of the molecule is CNC(=O)c1cc(OC)ccc1NC(=O)C=Cc1ccccc1[N+](=O)[O-]. The first kappa shape index (κ1) is 18.7. The van der Waals surface area contributed by atoms with E-state index < -0.39 is 10.8 Å². The van der Waals surface area contributed by atoms with Gasteiger partial charge in [-0.3, -0.25) is 19.7 Å². The lowest BCUT2D eigenvalue weighted by atomic mass is 10.1. The van der Waals surface area contributed by atoms with E-state index in [0.717, 1.165) is 0 Å². The van der Waals surface area contributed by atoms with Crippen molar-refractivity contribution in [2.75, 3.05) is 19.5 Å². The van der Waals surface area contributed by atoms with E-state index in [9.17, 15) is 19.7 Å². The van der Waals surface area contributed by atoms with Crippen molar-refractivity contribution in [1.29, 1.82) is 0 Å². The van der Waals surface area contributed by atoms with Crippen molar-refractivity contribution in [3.05, 3.63) is 69.8 Å². The molecule has 134 valence electrons. The van der Waals surface area contributed by atoms with Crippen LogP contribution in [-0.4, -0.2) is 30.9 Å². The standard InChI is InChI=1S/C18H17N3O5/c1-19-18(23)14-11-13(26-2)8-9-15(14)20-17(22)10-7-12-5-3-4-6-16(12)21(24)25/h3-11H,1-2H3,(H,19,23)(H,20,22). The van der Waals surface area contributed by atoms with E-state index in [0.29, 0.717) is 17.0 Å². The van der Waals surface area contributed by atoms with Gasteiger partial charge in [0.15, 0.2) is 0 Å². The molecule has 8 heteroatoms. The molecule has 0 saturated heterocycles. The van der Waals surface area contributed by atoms with Gasteiger partial charge in [-0.2, -0.15) is 0 Å². The number of nitro groups is 1. The quantitative estimate of drug-likeness (QED) is 0.470. The zero-order valence-corrected chi connectivity index (χ0v) is 14.2. The van der Waals surface area contributed by atoms with Crippen molar-refractivity contribution in [2.24, 2.45) is 0 Å². The van der Waals surface area contributed by atoms with Crippen LogP contribution in [0, 0.1) is 10.1 Å². The minimum atomic E-state index is -0.529. The third kappa shape index (κ3) is 4.44. The Morgan fingerprint density at radius 3 is 2.58 bits per heavy atom. The van der Waals surface area contributed by atoms with E-state index in [4.69, 9.17) is 4.74 Å². The Balaban J connectivity index is 2.23. The smallest absolute Gasteiger partial charge is 0.276 e. The molecule has 2 amide bonds. The van der Waals surface area contributed by atoms with Crippen LogP contribution in [0.3, 0.4) is 0 Å². The molecular weight excluding hydrogens is 338 g/mol. The Bertz CT molecular complexity index is 877. The fourth-order valence-electron chi connectivity index (χ4n) is 2.22. The average Bonchev–Trinajstić information content (AvgIpc) is 2.66. The van der Waals surface area contributed by atoms with Crippen LogP contribution in [0.5, 0.6) is 5.75 Å². The maximum atomic E-state index is 12.2. The van der Waals surface area contributed by atoms with Crippen LogP contribution in [0.15, 0.2) is 48.5 Å². The van der Waals surface area contributed by atoms with Gasteiger partial charge in [0.1, 0.15) is 5.75 Å². The molecule has 2 N–H and O–H groups in total. The average molecular weight is 355 g/mol. The first-order chi connectivity index (χ1) is 12.5. The van der Waals surface area contributed by atoms with Crippen molar-refractivity contribution in [1.82, 2.24) is 5.32 Å². The van der Waals surface area contributed by atoms with Gasteiger partial charge in [-0.15, -0.1) is 0 Å². The second-order valence-electron chi connectivity index (χ2n) is 5.13.